The van der Waals surface area contributed by atoms with E-state index >= 15 is 0 Å². The lowest BCUT2D eigenvalue weighted by molar-refractivity contribution is 0.0947. The van der Waals surface area contributed by atoms with Crippen LogP contribution in [-0.4, -0.2) is 11.5 Å². The molecule has 0 spiro atoms. The zero-order valence-electron chi connectivity index (χ0n) is 9.81. The molecule has 0 aliphatic heterocycles. The topological polar surface area (TPSA) is 47.3 Å². The summed E-state index contributed by atoms with van der Waals surface area (Å²) in [6.07, 6.45) is 4.60. The minimum absolute atomic E-state index is 0.503. The number of furan rings is 1. The van der Waals surface area contributed by atoms with Gasteiger partial charge in [0.1, 0.15) is 12.4 Å². The Labute approximate surface area is 105 Å². The van der Waals surface area contributed by atoms with E-state index in [-0.39, 0.29) is 0 Å². The number of rotatable bonds is 7. The van der Waals surface area contributed by atoms with E-state index in [1.165, 1.54) is 0 Å². The number of ether oxygens (including phenoxy) is 1. The van der Waals surface area contributed by atoms with Gasteiger partial charge in [-0.05, 0) is 18.6 Å². The van der Waals surface area contributed by atoms with Gasteiger partial charge in [0.05, 0.1) is 17.7 Å². The molecule has 0 radical (unpaired) electrons. The van der Waals surface area contributed by atoms with E-state index in [0.29, 0.717) is 13.2 Å². The Morgan fingerprint density at radius 3 is 3.18 bits per heavy atom. The first-order valence-corrected chi connectivity index (χ1v) is 6.49. The van der Waals surface area contributed by atoms with Crippen LogP contribution in [0.1, 0.15) is 24.0 Å². The summed E-state index contributed by atoms with van der Waals surface area (Å²) in [5.74, 6) is 0.846. The summed E-state index contributed by atoms with van der Waals surface area (Å²) < 4.78 is 10.7. The number of thiazole rings is 1. The van der Waals surface area contributed by atoms with E-state index in [4.69, 9.17) is 9.15 Å². The van der Waals surface area contributed by atoms with Gasteiger partial charge in [0, 0.05) is 12.7 Å². The summed E-state index contributed by atoms with van der Waals surface area (Å²) in [5, 5.41) is 4.21. The molecule has 2 heterocycles. The normalized spacial score (nSPS) is 10.6. The van der Waals surface area contributed by atoms with E-state index in [1.54, 1.807) is 17.6 Å². The van der Waals surface area contributed by atoms with Crippen molar-refractivity contribution < 1.29 is 9.15 Å². The Balaban J connectivity index is 1.73. The third-order valence-corrected chi connectivity index (χ3v) is 3.08. The van der Waals surface area contributed by atoms with E-state index < -0.39 is 0 Å². The number of hydrogen-bond acceptors (Lipinski definition) is 5. The van der Waals surface area contributed by atoms with Crippen LogP contribution in [-0.2, 0) is 18.0 Å². The molecule has 0 bridgehead atoms. The lowest BCUT2D eigenvalue weighted by Gasteiger charge is -1.99. The maximum absolute atomic E-state index is 5.53. The van der Waals surface area contributed by atoms with Crippen LogP contribution in [0.25, 0.3) is 0 Å². The number of anilines is 1. The first-order valence-electron chi connectivity index (χ1n) is 5.67. The van der Waals surface area contributed by atoms with Crippen molar-refractivity contribution in [2.45, 2.75) is 26.6 Å². The van der Waals surface area contributed by atoms with Gasteiger partial charge in [-0.3, -0.25) is 0 Å². The molecule has 0 amide bonds. The summed E-state index contributed by atoms with van der Waals surface area (Å²) in [6.45, 7) is 4.17. The summed E-state index contributed by atoms with van der Waals surface area (Å²) in [4.78, 5) is 5.39. The molecule has 0 saturated carbocycles. The van der Waals surface area contributed by atoms with Crippen molar-refractivity contribution in [2.24, 2.45) is 0 Å². The molecular formula is C12H16N2O2S. The van der Waals surface area contributed by atoms with Crippen LogP contribution in [0.5, 0.6) is 0 Å². The average molecular weight is 252 g/mol. The van der Waals surface area contributed by atoms with Crippen molar-refractivity contribution in [3.05, 3.63) is 35.2 Å². The molecular weight excluding hydrogens is 236 g/mol. The standard InChI is InChI=1S/C12H16N2O2S/c1-2-5-13-12-14-7-11(17-12)9-15-8-10-4-3-6-16-10/h3-4,6-7H,2,5,8-9H2,1H3,(H,13,14). The third kappa shape index (κ3) is 3.87. The van der Waals surface area contributed by atoms with E-state index in [1.807, 2.05) is 18.3 Å². The van der Waals surface area contributed by atoms with Gasteiger partial charge in [-0.1, -0.05) is 18.3 Å². The molecule has 0 fully saturated rings. The maximum Gasteiger partial charge on any atom is 0.182 e. The smallest absolute Gasteiger partial charge is 0.182 e. The van der Waals surface area contributed by atoms with Crippen LogP contribution in [0.15, 0.2) is 29.0 Å². The summed E-state index contributed by atoms with van der Waals surface area (Å²) in [6, 6.07) is 3.76. The fourth-order valence-corrected chi connectivity index (χ4v) is 2.11. The molecule has 0 saturated heterocycles. The number of hydrogen-bond donors (Lipinski definition) is 1. The van der Waals surface area contributed by atoms with Gasteiger partial charge in [-0.2, -0.15) is 0 Å². The highest BCUT2D eigenvalue weighted by Crippen LogP contribution is 2.19. The maximum atomic E-state index is 5.53. The quantitative estimate of drug-likeness (QED) is 0.821. The van der Waals surface area contributed by atoms with Gasteiger partial charge in [0.15, 0.2) is 5.13 Å². The van der Waals surface area contributed by atoms with Crippen molar-refractivity contribution >= 4 is 16.5 Å². The third-order valence-electron chi connectivity index (χ3n) is 2.15. The van der Waals surface area contributed by atoms with Gasteiger partial charge in [0.2, 0.25) is 0 Å². The molecule has 0 atom stereocenters. The Kier molecular flexibility index (Phi) is 4.58. The number of nitrogens with one attached hydrogen (secondary N) is 1. The minimum atomic E-state index is 0.503. The van der Waals surface area contributed by atoms with Crippen molar-refractivity contribution in [3.8, 4) is 0 Å². The lowest BCUT2D eigenvalue weighted by atomic mass is 10.5. The van der Waals surface area contributed by atoms with Gasteiger partial charge in [0.25, 0.3) is 0 Å². The molecule has 17 heavy (non-hydrogen) atoms. The SMILES string of the molecule is CCCNc1ncc(COCc2ccco2)s1. The fourth-order valence-electron chi connectivity index (χ4n) is 1.33. The Bertz CT molecular complexity index is 425. The van der Waals surface area contributed by atoms with E-state index in [9.17, 15) is 0 Å². The molecule has 5 heteroatoms. The Morgan fingerprint density at radius 2 is 2.41 bits per heavy atom. The predicted molar refractivity (Wildman–Crippen MR) is 68.1 cm³/mol. The minimum Gasteiger partial charge on any atom is -0.467 e. The van der Waals surface area contributed by atoms with Gasteiger partial charge >= 0.3 is 0 Å². The largest absolute Gasteiger partial charge is 0.467 e. The zero-order chi connectivity index (χ0) is 11.9. The van der Waals surface area contributed by atoms with Crippen molar-refractivity contribution in [1.82, 2.24) is 4.98 Å². The van der Waals surface area contributed by atoms with E-state index in [2.05, 4.69) is 17.2 Å². The molecule has 0 aliphatic rings. The molecule has 0 aliphatic carbocycles. The first kappa shape index (κ1) is 12.1. The van der Waals surface area contributed by atoms with Crippen LogP contribution in [0.3, 0.4) is 0 Å². The fraction of sp³-hybridized carbons (Fsp3) is 0.417. The second-order valence-corrected chi connectivity index (χ2v) is 4.75. The molecule has 4 nitrogen and oxygen atoms in total. The van der Waals surface area contributed by atoms with Crippen molar-refractivity contribution in [1.29, 1.82) is 0 Å². The molecule has 92 valence electrons. The van der Waals surface area contributed by atoms with Crippen molar-refractivity contribution in [2.75, 3.05) is 11.9 Å². The highest BCUT2D eigenvalue weighted by Gasteiger charge is 2.02. The Hall–Kier alpha value is -1.33. The average Bonchev–Trinajstić information content (AvgIpc) is 2.98. The lowest BCUT2D eigenvalue weighted by Crippen LogP contribution is -1.97. The van der Waals surface area contributed by atoms with Crippen LogP contribution < -0.4 is 5.32 Å². The molecule has 2 rings (SSSR count). The molecule has 0 aromatic carbocycles. The Morgan fingerprint density at radius 1 is 1.47 bits per heavy atom. The van der Waals surface area contributed by atoms with Crippen LogP contribution in [0.4, 0.5) is 5.13 Å². The summed E-state index contributed by atoms with van der Waals surface area (Å²) >= 11 is 1.63. The molecule has 2 aromatic heterocycles. The monoisotopic (exact) mass is 252 g/mol. The second kappa shape index (κ2) is 6.42. The molecule has 0 unspecified atom stereocenters. The van der Waals surface area contributed by atoms with Crippen LogP contribution in [0.2, 0.25) is 0 Å². The van der Waals surface area contributed by atoms with Gasteiger partial charge in [-0.25, -0.2) is 4.98 Å². The van der Waals surface area contributed by atoms with E-state index in [0.717, 1.165) is 28.7 Å². The van der Waals surface area contributed by atoms with Gasteiger partial charge in [-0.15, -0.1) is 0 Å². The summed E-state index contributed by atoms with van der Waals surface area (Å²) in [5.41, 5.74) is 0. The number of nitrogens with zero attached hydrogens (tertiary/aromatic N) is 1. The van der Waals surface area contributed by atoms with Crippen molar-refractivity contribution in [3.63, 3.8) is 0 Å². The van der Waals surface area contributed by atoms with Gasteiger partial charge < -0.3 is 14.5 Å². The first-order chi connectivity index (χ1) is 8.38. The number of aromatic nitrogens is 1. The second-order valence-electron chi connectivity index (χ2n) is 3.63. The van der Waals surface area contributed by atoms with Crippen LogP contribution in [0, 0.1) is 0 Å². The highest BCUT2D eigenvalue weighted by atomic mass is 32.1. The van der Waals surface area contributed by atoms with Crippen LogP contribution >= 0.6 is 11.3 Å². The molecule has 2 aromatic rings. The highest BCUT2D eigenvalue weighted by molar-refractivity contribution is 7.15. The predicted octanol–water partition coefficient (Wildman–Crippen LogP) is 3.27. The summed E-state index contributed by atoms with van der Waals surface area (Å²) in [7, 11) is 0. The molecule has 1 N–H and O–H groups in total. The zero-order valence-corrected chi connectivity index (χ0v) is 10.6.